The first-order chi connectivity index (χ1) is 5.79. The molecule has 62 valence electrons. The van der Waals surface area contributed by atoms with Crippen molar-refractivity contribution in [3.8, 4) is 0 Å². The van der Waals surface area contributed by atoms with E-state index in [4.69, 9.17) is 21.9 Å². The van der Waals surface area contributed by atoms with Crippen LogP contribution in [0.1, 0.15) is 0 Å². The van der Waals surface area contributed by atoms with E-state index >= 15 is 0 Å². The number of anilines is 1. The van der Waals surface area contributed by atoms with Crippen LogP contribution in [0, 0.1) is 0 Å². The Labute approximate surface area is 73.3 Å². The maximum Gasteiger partial charge on any atom is 0.310 e. The lowest BCUT2D eigenvalue weighted by atomic mass is 10.3. The Balaban J connectivity index is 2.67. The number of oxazole rings is 1. The highest BCUT2D eigenvalue weighted by Gasteiger charge is 2.03. The molecule has 0 saturated heterocycles. The summed E-state index contributed by atoms with van der Waals surface area (Å²) < 4.78 is 5.17. The molecule has 0 bridgehead atoms. The molecule has 0 atom stereocenters. The first kappa shape index (κ1) is 7.39. The van der Waals surface area contributed by atoms with Crippen LogP contribution in [0.2, 0.25) is 5.02 Å². The molecule has 3 N–H and O–H groups in total. The van der Waals surface area contributed by atoms with E-state index in [-0.39, 0.29) is 6.01 Å². The number of benzene rings is 1. The van der Waals surface area contributed by atoms with Gasteiger partial charge >= 0.3 is 6.01 Å². The van der Waals surface area contributed by atoms with Gasteiger partial charge in [-0.05, 0) is 18.2 Å². The van der Waals surface area contributed by atoms with Gasteiger partial charge in [-0.1, -0.05) is 11.6 Å². The predicted molar refractivity (Wildman–Crippen MR) is 46.8 cm³/mol. The van der Waals surface area contributed by atoms with Gasteiger partial charge < -0.3 is 4.42 Å². The molecule has 2 aromatic rings. The Morgan fingerprint density at radius 2 is 2.33 bits per heavy atom. The molecule has 0 aliphatic heterocycles. The first-order valence-electron chi connectivity index (χ1n) is 3.32. The number of hydrazine groups is 1. The van der Waals surface area contributed by atoms with Crippen molar-refractivity contribution in [2.24, 2.45) is 5.84 Å². The van der Waals surface area contributed by atoms with E-state index in [9.17, 15) is 0 Å². The zero-order valence-corrected chi connectivity index (χ0v) is 6.80. The number of fused-ring (bicyclic) bond motifs is 1. The summed E-state index contributed by atoms with van der Waals surface area (Å²) in [4.78, 5) is 4.00. The van der Waals surface area contributed by atoms with E-state index in [1.807, 2.05) is 0 Å². The van der Waals surface area contributed by atoms with E-state index < -0.39 is 0 Å². The fourth-order valence-corrected chi connectivity index (χ4v) is 1.13. The van der Waals surface area contributed by atoms with E-state index in [1.165, 1.54) is 0 Å². The normalized spacial score (nSPS) is 10.5. The minimum Gasteiger partial charge on any atom is -0.423 e. The molecule has 0 fully saturated rings. The summed E-state index contributed by atoms with van der Waals surface area (Å²) in [6.07, 6.45) is 0. The predicted octanol–water partition coefficient (Wildman–Crippen LogP) is 1.77. The van der Waals surface area contributed by atoms with Crippen LogP contribution < -0.4 is 11.3 Å². The fourth-order valence-electron chi connectivity index (χ4n) is 0.962. The summed E-state index contributed by atoms with van der Waals surface area (Å²) in [5, 5.41) is 0.624. The molecule has 0 aliphatic rings. The number of nitrogens with two attached hydrogens (primary N) is 1. The van der Waals surface area contributed by atoms with Gasteiger partial charge in [0.05, 0.1) is 0 Å². The van der Waals surface area contributed by atoms with Gasteiger partial charge in [0.15, 0.2) is 5.58 Å². The molecule has 0 unspecified atom stereocenters. The molecule has 5 heteroatoms. The lowest BCUT2D eigenvalue weighted by Crippen LogP contribution is -2.06. The summed E-state index contributed by atoms with van der Waals surface area (Å²) in [7, 11) is 0. The van der Waals surface area contributed by atoms with Gasteiger partial charge in [-0.25, -0.2) is 5.84 Å². The molecule has 0 amide bonds. The second-order valence-electron chi connectivity index (χ2n) is 2.28. The second kappa shape index (κ2) is 2.66. The van der Waals surface area contributed by atoms with Crippen LogP contribution in [0.4, 0.5) is 6.01 Å². The maximum absolute atomic E-state index is 5.74. The van der Waals surface area contributed by atoms with Gasteiger partial charge in [0, 0.05) is 5.02 Å². The van der Waals surface area contributed by atoms with Crippen LogP contribution >= 0.6 is 11.6 Å². The summed E-state index contributed by atoms with van der Waals surface area (Å²) in [6, 6.07) is 5.47. The van der Waals surface area contributed by atoms with Crippen LogP contribution in [0.15, 0.2) is 22.6 Å². The Morgan fingerprint density at radius 1 is 1.50 bits per heavy atom. The number of hydrogen-bond acceptors (Lipinski definition) is 4. The number of nitrogens with one attached hydrogen (secondary N) is 1. The lowest BCUT2D eigenvalue weighted by Gasteiger charge is -1.85. The smallest absolute Gasteiger partial charge is 0.310 e. The molecule has 4 nitrogen and oxygen atoms in total. The van der Waals surface area contributed by atoms with Crippen LogP contribution in [-0.4, -0.2) is 4.98 Å². The fraction of sp³-hybridized carbons (Fsp3) is 0. The Hall–Kier alpha value is -1.26. The van der Waals surface area contributed by atoms with Gasteiger partial charge in [-0.2, -0.15) is 4.98 Å². The molecule has 0 aliphatic carbocycles. The minimum absolute atomic E-state index is 0.285. The highest BCUT2D eigenvalue weighted by molar-refractivity contribution is 6.31. The maximum atomic E-state index is 5.74. The van der Waals surface area contributed by atoms with Crippen molar-refractivity contribution in [2.45, 2.75) is 0 Å². The van der Waals surface area contributed by atoms with Gasteiger partial charge in [0.2, 0.25) is 0 Å². The third kappa shape index (κ3) is 1.11. The Bertz CT molecular complexity index is 412. The van der Waals surface area contributed by atoms with Crippen molar-refractivity contribution in [3.63, 3.8) is 0 Å². The van der Waals surface area contributed by atoms with Gasteiger partial charge in [0.1, 0.15) is 5.52 Å². The minimum atomic E-state index is 0.285. The monoisotopic (exact) mass is 183 g/mol. The third-order valence-corrected chi connectivity index (χ3v) is 1.71. The lowest BCUT2D eigenvalue weighted by molar-refractivity contribution is 0.617. The zero-order valence-electron chi connectivity index (χ0n) is 6.04. The van der Waals surface area contributed by atoms with E-state index in [0.717, 1.165) is 0 Å². The molecular formula is C7H6ClN3O. The van der Waals surface area contributed by atoms with Gasteiger partial charge in [0.25, 0.3) is 0 Å². The molecule has 1 heterocycles. The summed E-state index contributed by atoms with van der Waals surface area (Å²) >= 11 is 5.74. The van der Waals surface area contributed by atoms with E-state index in [0.29, 0.717) is 16.1 Å². The number of halogens is 1. The molecule has 0 saturated carbocycles. The van der Waals surface area contributed by atoms with Crippen molar-refractivity contribution in [2.75, 3.05) is 5.43 Å². The first-order valence-corrected chi connectivity index (χ1v) is 3.70. The van der Waals surface area contributed by atoms with Crippen molar-refractivity contribution in [1.29, 1.82) is 0 Å². The summed E-state index contributed by atoms with van der Waals surface area (Å²) in [5.41, 5.74) is 3.66. The van der Waals surface area contributed by atoms with Crippen LogP contribution in [0.25, 0.3) is 11.1 Å². The third-order valence-electron chi connectivity index (χ3n) is 1.47. The van der Waals surface area contributed by atoms with Crippen LogP contribution in [-0.2, 0) is 0 Å². The molecule has 1 aromatic carbocycles. The van der Waals surface area contributed by atoms with Crippen molar-refractivity contribution in [3.05, 3.63) is 23.2 Å². The molecule has 0 radical (unpaired) electrons. The van der Waals surface area contributed by atoms with Gasteiger partial charge in [-0.3, -0.25) is 5.43 Å². The molecular weight excluding hydrogens is 178 g/mol. The molecule has 2 rings (SSSR count). The highest BCUT2D eigenvalue weighted by Crippen LogP contribution is 2.21. The zero-order chi connectivity index (χ0) is 8.55. The largest absolute Gasteiger partial charge is 0.423 e. The topological polar surface area (TPSA) is 64.1 Å². The Morgan fingerprint density at radius 3 is 3.08 bits per heavy atom. The molecule has 12 heavy (non-hydrogen) atoms. The summed E-state index contributed by atoms with van der Waals surface area (Å²) in [5.74, 6) is 5.11. The number of rotatable bonds is 1. The van der Waals surface area contributed by atoms with Crippen LogP contribution in [0.3, 0.4) is 0 Å². The standard InChI is InChI=1S/C7H6ClN3O/c8-4-1-2-6-5(3-4)10-7(11-9)12-6/h1-3H,9H2,(H,10,11). The van der Waals surface area contributed by atoms with Crippen molar-refractivity contribution >= 4 is 28.7 Å². The highest BCUT2D eigenvalue weighted by atomic mass is 35.5. The average molecular weight is 184 g/mol. The number of hydrogen-bond donors (Lipinski definition) is 2. The number of aromatic nitrogens is 1. The van der Waals surface area contributed by atoms with Crippen molar-refractivity contribution in [1.82, 2.24) is 4.98 Å². The quantitative estimate of drug-likeness (QED) is 0.523. The number of nitrogen functional groups attached to an aromatic ring is 1. The van der Waals surface area contributed by atoms with E-state index in [1.54, 1.807) is 18.2 Å². The summed E-state index contributed by atoms with van der Waals surface area (Å²) in [6.45, 7) is 0. The average Bonchev–Trinajstić information content (AvgIpc) is 2.46. The SMILES string of the molecule is NNc1nc2cc(Cl)ccc2o1. The van der Waals surface area contributed by atoms with Crippen LogP contribution in [0.5, 0.6) is 0 Å². The molecule has 1 aromatic heterocycles. The molecule has 0 spiro atoms. The Kier molecular flexibility index (Phi) is 1.64. The van der Waals surface area contributed by atoms with Gasteiger partial charge in [-0.15, -0.1) is 0 Å². The second-order valence-corrected chi connectivity index (χ2v) is 2.71. The van der Waals surface area contributed by atoms with E-state index in [2.05, 4.69) is 10.4 Å². The number of nitrogens with zero attached hydrogens (tertiary/aromatic N) is 1. The van der Waals surface area contributed by atoms with Crippen molar-refractivity contribution < 1.29 is 4.42 Å².